The number of nitrogens with zero attached hydrogens (tertiary/aromatic N) is 6. The second-order valence-corrected chi connectivity index (χ2v) is 11.3. The number of aryl methyl sites for hydroxylation is 1. The van der Waals surface area contributed by atoms with Crippen LogP contribution in [-0.2, 0) is 10.0 Å². The molecule has 0 bridgehead atoms. The molecule has 0 saturated heterocycles. The molecule has 1 aliphatic carbocycles. The van der Waals surface area contributed by atoms with E-state index in [1.54, 1.807) is 36.1 Å². The van der Waals surface area contributed by atoms with Crippen molar-refractivity contribution in [3.63, 3.8) is 0 Å². The lowest BCUT2D eigenvalue weighted by Gasteiger charge is -2.18. The highest BCUT2D eigenvalue weighted by Gasteiger charge is 2.25. The number of nitrogens with two attached hydrogens (primary N) is 1. The summed E-state index contributed by atoms with van der Waals surface area (Å²) in [5.74, 6) is 1.03. The number of rotatable bonds is 9. The van der Waals surface area contributed by atoms with E-state index in [0.717, 1.165) is 16.9 Å². The van der Waals surface area contributed by atoms with Gasteiger partial charge in [-0.3, -0.25) is 9.21 Å². The summed E-state index contributed by atoms with van der Waals surface area (Å²) in [5.41, 5.74) is 10.3. The summed E-state index contributed by atoms with van der Waals surface area (Å²) in [4.78, 5) is 10.8. The van der Waals surface area contributed by atoms with Crippen molar-refractivity contribution in [3.05, 3.63) is 65.8 Å². The maximum Gasteiger partial charge on any atom is 0.256 e. The third-order valence-electron chi connectivity index (χ3n) is 6.83. The predicted octanol–water partition coefficient (Wildman–Crippen LogP) is 3.76. The second-order valence-electron chi connectivity index (χ2n) is 9.48. The number of anilines is 2. The van der Waals surface area contributed by atoms with Crippen LogP contribution in [0.3, 0.4) is 0 Å². The lowest BCUT2D eigenvalue weighted by atomic mass is 10.1. The van der Waals surface area contributed by atoms with Crippen LogP contribution >= 0.6 is 0 Å². The molecule has 1 fully saturated rings. The van der Waals surface area contributed by atoms with Crippen LogP contribution in [0.15, 0.2) is 60.3 Å². The molecule has 0 spiro atoms. The number of hydrogen-bond donors (Lipinski definition) is 1. The molecule has 2 N–H and O–H groups in total. The van der Waals surface area contributed by atoms with Crippen molar-refractivity contribution in [2.75, 3.05) is 37.8 Å². The molecule has 10 nitrogen and oxygen atoms in total. The summed E-state index contributed by atoms with van der Waals surface area (Å²) < 4.78 is 34.5. The molecule has 11 heteroatoms. The Labute approximate surface area is 222 Å². The predicted molar refractivity (Wildman–Crippen MR) is 150 cm³/mol. The summed E-state index contributed by atoms with van der Waals surface area (Å²) in [7, 11) is 1.49. The van der Waals surface area contributed by atoms with E-state index < -0.39 is 10.0 Å². The molecular weight excluding hydrogens is 502 g/mol. The van der Waals surface area contributed by atoms with Crippen LogP contribution in [0.4, 0.5) is 11.5 Å². The molecule has 38 heavy (non-hydrogen) atoms. The van der Waals surface area contributed by atoms with E-state index in [-0.39, 0.29) is 0 Å². The fraction of sp³-hybridized carbons (Fsp3) is 0.296. The third-order valence-corrected chi connectivity index (χ3v) is 8.34. The Morgan fingerprint density at radius 3 is 2.68 bits per heavy atom. The van der Waals surface area contributed by atoms with Crippen LogP contribution < -0.4 is 14.8 Å². The Kier molecular flexibility index (Phi) is 6.80. The first-order chi connectivity index (χ1) is 18.2. The van der Waals surface area contributed by atoms with Gasteiger partial charge < -0.3 is 10.5 Å². The fourth-order valence-corrected chi connectivity index (χ4v) is 5.30. The summed E-state index contributed by atoms with van der Waals surface area (Å²) in [5, 5.41) is 6.71. The van der Waals surface area contributed by atoms with Gasteiger partial charge in [0, 0.05) is 30.6 Å². The van der Waals surface area contributed by atoms with Crippen LogP contribution in [0.5, 0.6) is 5.75 Å². The van der Waals surface area contributed by atoms with Gasteiger partial charge in [0.25, 0.3) is 10.0 Å². The van der Waals surface area contributed by atoms with Gasteiger partial charge in [-0.1, -0.05) is 24.3 Å². The van der Waals surface area contributed by atoms with Crippen molar-refractivity contribution in [3.8, 4) is 22.7 Å². The Morgan fingerprint density at radius 2 is 1.95 bits per heavy atom. The summed E-state index contributed by atoms with van der Waals surface area (Å²) in [6, 6.07) is 13.5. The summed E-state index contributed by atoms with van der Waals surface area (Å²) in [6.07, 6.45) is 5.42. The lowest BCUT2D eigenvalue weighted by Crippen LogP contribution is -2.25. The quantitative estimate of drug-likeness (QED) is 0.345. The maximum atomic E-state index is 13.0. The molecule has 0 aliphatic heterocycles. The number of benzene rings is 2. The number of nitrogen functional groups attached to an aromatic ring is 1. The molecule has 0 radical (unpaired) electrons. The van der Waals surface area contributed by atoms with Crippen LogP contribution in [0.1, 0.15) is 18.4 Å². The van der Waals surface area contributed by atoms with Crippen LogP contribution in [-0.4, -0.2) is 66.9 Å². The van der Waals surface area contributed by atoms with Gasteiger partial charge in [-0.2, -0.15) is 5.10 Å². The lowest BCUT2D eigenvalue weighted by molar-refractivity contribution is 0.360. The molecule has 0 atom stereocenters. The molecular formula is C27H31N7O3S. The number of methoxy groups -OCH3 is 1. The van der Waals surface area contributed by atoms with Gasteiger partial charge in [-0.15, -0.1) is 0 Å². The molecule has 1 saturated carbocycles. The molecule has 2 aromatic heterocycles. The van der Waals surface area contributed by atoms with E-state index in [1.165, 1.54) is 35.9 Å². The van der Waals surface area contributed by atoms with Gasteiger partial charge in [0.2, 0.25) is 0 Å². The van der Waals surface area contributed by atoms with Crippen molar-refractivity contribution in [1.29, 1.82) is 0 Å². The first-order valence-corrected chi connectivity index (χ1v) is 13.8. The van der Waals surface area contributed by atoms with E-state index in [9.17, 15) is 8.42 Å². The zero-order chi connectivity index (χ0) is 27.0. The number of hydrogen-bond acceptors (Lipinski definition) is 8. The molecule has 198 valence electrons. The average Bonchev–Trinajstić information content (AvgIpc) is 3.69. The molecule has 4 aromatic rings. The van der Waals surface area contributed by atoms with E-state index in [0.29, 0.717) is 46.5 Å². The van der Waals surface area contributed by atoms with Gasteiger partial charge in [-0.25, -0.2) is 23.1 Å². The molecule has 0 amide bonds. The highest BCUT2D eigenvalue weighted by molar-refractivity contribution is 7.95. The Hall–Kier alpha value is -3.96. The van der Waals surface area contributed by atoms with E-state index in [2.05, 4.69) is 14.9 Å². The molecule has 1 aliphatic rings. The Morgan fingerprint density at radius 1 is 1.16 bits per heavy atom. The minimum atomic E-state index is -3.68. The van der Waals surface area contributed by atoms with Gasteiger partial charge in [0.15, 0.2) is 5.65 Å². The normalized spacial score (nSPS) is 14.0. The first-order valence-electron chi connectivity index (χ1n) is 12.3. The zero-order valence-corrected chi connectivity index (χ0v) is 22.7. The summed E-state index contributed by atoms with van der Waals surface area (Å²) in [6.45, 7) is 2.55. The van der Waals surface area contributed by atoms with E-state index >= 15 is 0 Å². The monoisotopic (exact) mass is 533 g/mol. The summed E-state index contributed by atoms with van der Waals surface area (Å²) >= 11 is 0. The minimum Gasteiger partial charge on any atom is -0.496 e. The SMILES string of the molecule is COc1cc(-c2nn(-c3cccc(N(C)S(=O)(=O)C=CCN(C)C4CC4)c3)c3ncnc(N)c23)ccc1C. The third kappa shape index (κ3) is 4.94. The molecule has 0 unspecified atom stereocenters. The minimum absolute atomic E-state index is 0.299. The number of fused-ring (bicyclic) bond motifs is 1. The zero-order valence-electron chi connectivity index (χ0n) is 21.9. The number of ether oxygens (including phenoxy) is 1. The molecule has 2 heterocycles. The van der Waals surface area contributed by atoms with Gasteiger partial charge >= 0.3 is 0 Å². The van der Waals surface area contributed by atoms with Gasteiger partial charge in [-0.05, 0) is 56.6 Å². The molecule has 2 aromatic carbocycles. The first kappa shape index (κ1) is 25.7. The topological polar surface area (TPSA) is 119 Å². The Bertz CT molecular complexity index is 1630. The van der Waals surface area contributed by atoms with E-state index in [1.807, 2.05) is 38.2 Å². The number of aromatic nitrogens is 4. The van der Waals surface area contributed by atoms with Crippen molar-refractivity contribution < 1.29 is 13.2 Å². The maximum absolute atomic E-state index is 13.0. The highest BCUT2D eigenvalue weighted by Crippen LogP contribution is 2.34. The standard InChI is InChI=1S/C27H31N7O3S/c1-18-9-10-19(15-23(18)37-4)25-24-26(28)29-17-30-27(24)34(31-25)22-8-5-7-21(16-22)33(3)38(35,36)14-6-13-32(2)20-11-12-20/h5-10,14-17,20H,11-13H2,1-4H3,(H2,28,29,30). The van der Waals surface area contributed by atoms with E-state index in [4.69, 9.17) is 15.6 Å². The largest absolute Gasteiger partial charge is 0.496 e. The Balaban J connectivity index is 1.52. The van der Waals surface area contributed by atoms with Crippen LogP contribution in [0.2, 0.25) is 0 Å². The average molecular weight is 534 g/mol. The van der Waals surface area contributed by atoms with Crippen molar-refractivity contribution in [1.82, 2.24) is 24.6 Å². The number of sulfonamides is 1. The van der Waals surface area contributed by atoms with Crippen LogP contribution in [0, 0.1) is 6.92 Å². The van der Waals surface area contributed by atoms with Gasteiger partial charge in [0.1, 0.15) is 23.6 Å². The van der Waals surface area contributed by atoms with Gasteiger partial charge in [0.05, 0.1) is 23.9 Å². The highest BCUT2D eigenvalue weighted by atomic mass is 32.2. The van der Waals surface area contributed by atoms with Crippen molar-refractivity contribution >= 4 is 32.6 Å². The second kappa shape index (κ2) is 10.1. The number of likely N-dealkylation sites (N-methyl/N-ethyl adjacent to an activating group) is 1. The smallest absolute Gasteiger partial charge is 0.256 e. The molecule has 5 rings (SSSR count). The van der Waals surface area contributed by atoms with Crippen LogP contribution in [0.25, 0.3) is 28.0 Å². The van der Waals surface area contributed by atoms with Crippen molar-refractivity contribution in [2.24, 2.45) is 0 Å². The fourth-order valence-electron chi connectivity index (χ4n) is 4.38. The van der Waals surface area contributed by atoms with Crippen molar-refractivity contribution in [2.45, 2.75) is 25.8 Å².